The fourth-order valence-corrected chi connectivity index (χ4v) is 2.82. The van der Waals surface area contributed by atoms with Gasteiger partial charge in [0.05, 0.1) is 5.02 Å². The summed E-state index contributed by atoms with van der Waals surface area (Å²) in [5, 5.41) is 0.673. The molecule has 1 atom stereocenters. The number of piperazine rings is 1. The molecule has 2 rings (SSSR count). The number of benzene rings is 1. The van der Waals surface area contributed by atoms with Gasteiger partial charge in [0, 0.05) is 38.8 Å². The van der Waals surface area contributed by atoms with E-state index in [1.807, 2.05) is 25.1 Å². The molecule has 118 valence electrons. The van der Waals surface area contributed by atoms with Crippen LogP contribution in [0.15, 0.2) is 18.2 Å². The van der Waals surface area contributed by atoms with E-state index in [2.05, 4.69) is 16.8 Å². The molecule has 5 heteroatoms. The molecule has 1 aliphatic rings. The smallest absolute Gasteiger partial charge is 0.141 e. The molecular formula is C16H26ClN3O. The quantitative estimate of drug-likeness (QED) is 0.870. The van der Waals surface area contributed by atoms with Crippen LogP contribution in [0.4, 0.5) is 0 Å². The second kappa shape index (κ2) is 7.99. The van der Waals surface area contributed by atoms with Gasteiger partial charge in [0.1, 0.15) is 12.4 Å². The Morgan fingerprint density at radius 2 is 2.00 bits per heavy atom. The van der Waals surface area contributed by atoms with Gasteiger partial charge in [0.25, 0.3) is 0 Å². The van der Waals surface area contributed by atoms with Crippen LogP contribution in [0.25, 0.3) is 0 Å². The maximum atomic E-state index is 6.27. The highest BCUT2D eigenvalue weighted by Gasteiger charge is 2.14. The van der Waals surface area contributed by atoms with Gasteiger partial charge < -0.3 is 15.4 Å². The van der Waals surface area contributed by atoms with E-state index in [0.717, 1.165) is 50.5 Å². The first-order valence-electron chi connectivity index (χ1n) is 7.63. The Morgan fingerprint density at radius 3 is 2.67 bits per heavy atom. The van der Waals surface area contributed by atoms with Gasteiger partial charge in [-0.2, -0.15) is 0 Å². The van der Waals surface area contributed by atoms with E-state index in [4.69, 9.17) is 22.1 Å². The van der Waals surface area contributed by atoms with Crippen molar-refractivity contribution < 1.29 is 4.74 Å². The number of likely N-dealkylation sites (N-methyl/N-ethyl adjacent to an activating group) is 1. The van der Waals surface area contributed by atoms with Crippen LogP contribution in [0.1, 0.15) is 12.5 Å². The first-order valence-corrected chi connectivity index (χ1v) is 8.00. The monoisotopic (exact) mass is 311 g/mol. The lowest BCUT2D eigenvalue weighted by Gasteiger charge is -2.32. The fourth-order valence-electron chi connectivity index (χ4n) is 2.57. The highest BCUT2D eigenvalue weighted by Crippen LogP contribution is 2.29. The molecule has 0 aromatic heterocycles. The van der Waals surface area contributed by atoms with Crippen LogP contribution in [0.3, 0.4) is 0 Å². The molecule has 0 spiro atoms. The van der Waals surface area contributed by atoms with Crippen molar-refractivity contribution in [1.82, 2.24) is 9.80 Å². The van der Waals surface area contributed by atoms with Crippen LogP contribution in [-0.2, 0) is 6.42 Å². The zero-order chi connectivity index (χ0) is 15.2. The minimum absolute atomic E-state index is 0.100. The fraction of sp³-hybridized carbons (Fsp3) is 0.625. The normalized spacial score (nSPS) is 18.7. The number of hydrogen-bond donors (Lipinski definition) is 1. The minimum atomic E-state index is 0.100. The molecule has 1 heterocycles. The van der Waals surface area contributed by atoms with Crippen LogP contribution in [-0.4, -0.2) is 62.2 Å². The van der Waals surface area contributed by atoms with E-state index in [1.165, 1.54) is 0 Å². The highest BCUT2D eigenvalue weighted by molar-refractivity contribution is 6.32. The summed E-state index contributed by atoms with van der Waals surface area (Å²) < 4.78 is 5.96. The number of rotatable bonds is 6. The lowest BCUT2D eigenvalue weighted by atomic mass is 10.1. The number of nitrogens with zero attached hydrogens (tertiary/aromatic N) is 2. The summed E-state index contributed by atoms with van der Waals surface area (Å²) in [4.78, 5) is 4.79. The average molecular weight is 312 g/mol. The van der Waals surface area contributed by atoms with Gasteiger partial charge >= 0.3 is 0 Å². The average Bonchev–Trinajstić information content (AvgIpc) is 2.43. The Labute approximate surface area is 132 Å². The molecule has 1 aromatic carbocycles. The molecule has 0 radical (unpaired) electrons. The Bertz CT molecular complexity index is 445. The third kappa shape index (κ3) is 5.15. The van der Waals surface area contributed by atoms with Gasteiger partial charge in [-0.05, 0) is 32.0 Å². The van der Waals surface area contributed by atoms with E-state index in [0.29, 0.717) is 11.6 Å². The number of nitrogens with two attached hydrogens (primary N) is 1. The van der Waals surface area contributed by atoms with E-state index in [-0.39, 0.29) is 6.04 Å². The van der Waals surface area contributed by atoms with Crippen LogP contribution < -0.4 is 10.5 Å². The predicted molar refractivity (Wildman–Crippen MR) is 88.2 cm³/mol. The maximum absolute atomic E-state index is 6.27. The van der Waals surface area contributed by atoms with Gasteiger partial charge in [-0.15, -0.1) is 0 Å². The number of halogens is 1. The zero-order valence-corrected chi connectivity index (χ0v) is 13.8. The predicted octanol–water partition coefficient (Wildman–Crippen LogP) is 1.86. The molecule has 21 heavy (non-hydrogen) atoms. The molecule has 1 aliphatic heterocycles. The number of para-hydroxylation sites is 1. The molecule has 1 fully saturated rings. The molecule has 0 saturated carbocycles. The van der Waals surface area contributed by atoms with Gasteiger partial charge in [0.15, 0.2) is 0 Å². The maximum Gasteiger partial charge on any atom is 0.141 e. The van der Waals surface area contributed by atoms with Gasteiger partial charge in [-0.25, -0.2) is 0 Å². The summed E-state index contributed by atoms with van der Waals surface area (Å²) in [6.07, 6.45) is 0.782. The molecule has 0 aliphatic carbocycles. The van der Waals surface area contributed by atoms with E-state index >= 15 is 0 Å². The summed E-state index contributed by atoms with van der Waals surface area (Å²) in [5.74, 6) is 0.797. The van der Waals surface area contributed by atoms with Crippen LogP contribution >= 0.6 is 11.6 Å². The zero-order valence-electron chi connectivity index (χ0n) is 13.0. The second-order valence-electron chi connectivity index (χ2n) is 5.90. The van der Waals surface area contributed by atoms with E-state index in [9.17, 15) is 0 Å². The molecule has 2 N–H and O–H groups in total. The van der Waals surface area contributed by atoms with Crippen LogP contribution in [0.5, 0.6) is 5.75 Å². The van der Waals surface area contributed by atoms with Crippen molar-refractivity contribution in [2.24, 2.45) is 5.73 Å². The van der Waals surface area contributed by atoms with Crippen LogP contribution in [0, 0.1) is 0 Å². The van der Waals surface area contributed by atoms with Crippen molar-refractivity contribution in [3.63, 3.8) is 0 Å². The summed E-state index contributed by atoms with van der Waals surface area (Å²) in [7, 11) is 2.16. The molecular weight excluding hydrogens is 286 g/mol. The van der Waals surface area contributed by atoms with Crippen molar-refractivity contribution in [2.75, 3.05) is 46.4 Å². The molecule has 0 amide bonds. The van der Waals surface area contributed by atoms with Gasteiger partial charge in [-0.3, -0.25) is 4.90 Å². The molecule has 4 nitrogen and oxygen atoms in total. The second-order valence-corrected chi connectivity index (χ2v) is 6.31. The highest BCUT2D eigenvalue weighted by atomic mass is 35.5. The first kappa shape index (κ1) is 16.6. The largest absolute Gasteiger partial charge is 0.490 e. The third-order valence-electron chi connectivity index (χ3n) is 3.84. The van der Waals surface area contributed by atoms with Gasteiger partial charge in [-0.1, -0.05) is 23.7 Å². The third-order valence-corrected chi connectivity index (χ3v) is 4.14. The van der Waals surface area contributed by atoms with Gasteiger partial charge in [0.2, 0.25) is 0 Å². The topological polar surface area (TPSA) is 41.7 Å². The van der Waals surface area contributed by atoms with Crippen molar-refractivity contribution >= 4 is 11.6 Å². The molecule has 0 bridgehead atoms. The lowest BCUT2D eigenvalue weighted by Crippen LogP contribution is -2.45. The number of ether oxygens (including phenoxy) is 1. The Kier molecular flexibility index (Phi) is 6.30. The summed E-state index contributed by atoms with van der Waals surface area (Å²) in [6.45, 7) is 8.07. The summed E-state index contributed by atoms with van der Waals surface area (Å²) >= 11 is 6.27. The molecule has 1 saturated heterocycles. The number of hydrogen-bond acceptors (Lipinski definition) is 4. The Hall–Kier alpha value is -0.810. The Morgan fingerprint density at radius 1 is 1.29 bits per heavy atom. The summed E-state index contributed by atoms with van der Waals surface area (Å²) in [5.41, 5.74) is 6.98. The first-order chi connectivity index (χ1) is 10.1. The van der Waals surface area contributed by atoms with E-state index in [1.54, 1.807) is 0 Å². The van der Waals surface area contributed by atoms with Crippen molar-refractivity contribution in [1.29, 1.82) is 0 Å². The standard InChI is InChI=1S/C16H26ClN3O/c1-13(18)12-14-4-3-5-15(17)16(14)21-11-10-20-8-6-19(2)7-9-20/h3-5,13H,6-12,18H2,1-2H3. The SMILES string of the molecule is CC(N)Cc1cccc(Cl)c1OCCN1CCN(C)CC1. The van der Waals surface area contributed by atoms with Crippen molar-refractivity contribution in [2.45, 2.75) is 19.4 Å². The lowest BCUT2D eigenvalue weighted by molar-refractivity contribution is 0.133. The Balaban J connectivity index is 1.87. The summed E-state index contributed by atoms with van der Waals surface area (Å²) in [6, 6.07) is 5.97. The molecule has 1 unspecified atom stereocenters. The van der Waals surface area contributed by atoms with Crippen molar-refractivity contribution in [3.8, 4) is 5.75 Å². The van der Waals surface area contributed by atoms with Crippen molar-refractivity contribution in [3.05, 3.63) is 28.8 Å². The van der Waals surface area contributed by atoms with E-state index < -0.39 is 0 Å². The van der Waals surface area contributed by atoms with Crippen LogP contribution in [0.2, 0.25) is 5.02 Å². The molecule has 1 aromatic rings. The minimum Gasteiger partial charge on any atom is -0.490 e.